The van der Waals surface area contributed by atoms with Crippen LogP contribution >= 0.6 is 15.9 Å². The zero-order chi connectivity index (χ0) is 11.5. The Labute approximate surface area is 103 Å². The van der Waals surface area contributed by atoms with Crippen molar-refractivity contribution in [2.75, 3.05) is 13.7 Å². The molecule has 1 saturated heterocycles. The van der Waals surface area contributed by atoms with Crippen LogP contribution in [0.3, 0.4) is 0 Å². The molecule has 4 heteroatoms. The lowest BCUT2D eigenvalue weighted by molar-refractivity contribution is 0.386. The lowest BCUT2D eigenvalue weighted by atomic mass is 9.97. The van der Waals surface area contributed by atoms with Crippen LogP contribution in [0.1, 0.15) is 30.9 Å². The number of hydrogen-bond donors (Lipinski definition) is 1. The fourth-order valence-corrected chi connectivity index (χ4v) is 2.88. The Morgan fingerprint density at radius 1 is 1.44 bits per heavy atom. The minimum Gasteiger partial charge on any atom is -0.496 e. The van der Waals surface area contributed by atoms with Crippen molar-refractivity contribution in [3.05, 3.63) is 28.0 Å². The normalized spacial score (nSPS) is 20.8. The van der Waals surface area contributed by atoms with Crippen LogP contribution in [0.5, 0.6) is 5.75 Å². The number of methoxy groups -OCH3 is 1. The summed E-state index contributed by atoms with van der Waals surface area (Å²) in [5.74, 6) is 0.510. The van der Waals surface area contributed by atoms with Gasteiger partial charge in [0, 0.05) is 11.6 Å². The van der Waals surface area contributed by atoms with Crippen molar-refractivity contribution in [1.82, 2.24) is 5.32 Å². The molecule has 0 aromatic heterocycles. The third-order valence-electron chi connectivity index (χ3n) is 2.97. The Balaban J connectivity index is 2.37. The van der Waals surface area contributed by atoms with E-state index in [0.29, 0.717) is 11.3 Å². The molecule has 2 nitrogen and oxygen atoms in total. The first-order valence-electron chi connectivity index (χ1n) is 5.49. The molecule has 1 heterocycles. The summed E-state index contributed by atoms with van der Waals surface area (Å²) in [6.45, 7) is 0.952. The van der Waals surface area contributed by atoms with E-state index in [4.69, 9.17) is 4.74 Å². The molecule has 88 valence electrons. The van der Waals surface area contributed by atoms with Crippen molar-refractivity contribution in [2.24, 2.45) is 0 Å². The minimum atomic E-state index is -0.174. The lowest BCUT2D eigenvalue weighted by Gasteiger charge is -2.25. The monoisotopic (exact) mass is 287 g/mol. The van der Waals surface area contributed by atoms with Crippen LogP contribution in [0.15, 0.2) is 16.6 Å². The van der Waals surface area contributed by atoms with Crippen LogP contribution in [0.25, 0.3) is 0 Å². The van der Waals surface area contributed by atoms with E-state index in [-0.39, 0.29) is 11.9 Å². The Kier molecular flexibility index (Phi) is 3.82. The number of piperidine rings is 1. The van der Waals surface area contributed by atoms with Crippen LogP contribution in [0, 0.1) is 5.82 Å². The number of hydrogen-bond acceptors (Lipinski definition) is 2. The van der Waals surface area contributed by atoms with Gasteiger partial charge in [0.1, 0.15) is 11.6 Å². The van der Waals surface area contributed by atoms with E-state index in [1.807, 2.05) is 0 Å². The highest BCUT2D eigenvalue weighted by Gasteiger charge is 2.22. The molecule has 2 rings (SSSR count). The number of rotatable bonds is 2. The summed E-state index contributed by atoms with van der Waals surface area (Å²) in [6.07, 6.45) is 3.28. The molecule has 1 atom stereocenters. The molecule has 1 fully saturated rings. The molecule has 0 aliphatic carbocycles. The van der Waals surface area contributed by atoms with E-state index in [0.717, 1.165) is 23.9 Å². The zero-order valence-electron chi connectivity index (χ0n) is 9.22. The van der Waals surface area contributed by atoms with Crippen molar-refractivity contribution in [1.29, 1.82) is 0 Å². The second-order valence-corrected chi connectivity index (χ2v) is 4.77. The van der Waals surface area contributed by atoms with Gasteiger partial charge in [0.25, 0.3) is 0 Å². The Morgan fingerprint density at radius 3 is 2.88 bits per heavy atom. The Bertz CT molecular complexity index is 378. The van der Waals surface area contributed by atoms with Gasteiger partial charge in [-0.05, 0) is 47.4 Å². The average molecular weight is 288 g/mol. The van der Waals surface area contributed by atoms with E-state index >= 15 is 0 Å². The number of benzene rings is 1. The summed E-state index contributed by atoms with van der Waals surface area (Å²) in [5.41, 5.74) is 0.694. The summed E-state index contributed by atoms with van der Waals surface area (Å²) in [4.78, 5) is 0. The summed E-state index contributed by atoms with van der Waals surface area (Å²) in [7, 11) is 1.59. The van der Waals surface area contributed by atoms with Crippen molar-refractivity contribution in [3.8, 4) is 5.75 Å². The molecule has 0 saturated carbocycles. The van der Waals surface area contributed by atoms with Gasteiger partial charge in [0.05, 0.1) is 11.6 Å². The fraction of sp³-hybridized carbons (Fsp3) is 0.500. The van der Waals surface area contributed by atoms with Crippen LogP contribution < -0.4 is 10.1 Å². The second-order valence-electron chi connectivity index (χ2n) is 3.98. The number of ether oxygens (including phenoxy) is 1. The highest BCUT2D eigenvalue weighted by atomic mass is 79.9. The van der Waals surface area contributed by atoms with Crippen LogP contribution in [-0.4, -0.2) is 13.7 Å². The molecule has 1 unspecified atom stereocenters. The maximum Gasteiger partial charge on any atom is 0.133 e. The standard InChI is InChI=1S/C12H15BrFNO/c1-16-10-6-5-8(14)11(12(10)13)9-4-2-3-7-15-9/h5-6,9,15H,2-4,7H2,1H3. The summed E-state index contributed by atoms with van der Waals surface area (Å²) in [6, 6.07) is 3.21. The molecule has 0 spiro atoms. The topological polar surface area (TPSA) is 21.3 Å². The number of nitrogens with one attached hydrogen (secondary N) is 1. The van der Waals surface area contributed by atoms with Gasteiger partial charge in [-0.15, -0.1) is 0 Å². The van der Waals surface area contributed by atoms with Gasteiger partial charge in [0.2, 0.25) is 0 Å². The van der Waals surface area contributed by atoms with Gasteiger partial charge in [-0.1, -0.05) is 6.42 Å². The maximum absolute atomic E-state index is 13.8. The van der Waals surface area contributed by atoms with Crippen molar-refractivity contribution in [3.63, 3.8) is 0 Å². The molecule has 0 radical (unpaired) electrons. The fourth-order valence-electron chi connectivity index (χ4n) is 2.12. The smallest absolute Gasteiger partial charge is 0.133 e. The van der Waals surface area contributed by atoms with Crippen LogP contribution in [0.2, 0.25) is 0 Å². The van der Waals surface area contributed by atoms with Crippen LogP contribution in [-0.2, 0) is 0 Å². The van der Waals surface area contributed by atoms with Crippen molar-refractivity contribution >= 4 is 15.9 Å². The van der Waals surface area contributed by atoms with Crippen molar-refractivity contribution < 1.29 is 9.13 Å². The van der Waals surface area contributed by atoms with Gasteiger partial charge in [-0.2, -0.15) is 0 Å². The molecule has 0 bridgehead atoms. The predicted molar refractivity (Wildman–Crippen MR) is 65.2 cm³/mol. The summed E-state index contributed by atoms with van der Waals surface area (Å²) in [5, 5.41) is 3.34. The second kappa shape index (κ2) is 5.15. The van der Waals surface area contributed by atoms with E-state index < -0.39 is 0 Å². The molecule has 1 aliphatic heterocycles. The first-order chi connectivity index (χ1) is 7.74. The molecule has 1 aliphatic rings. The highest BCUT2D eigenvalue weighted by molar-refractivity contribution is 9.10. The predicted octanol–water partition coefficient (Wildman–Crippen LogP) is 3.41. The lowest BCUT2D eigenvalue weighted by Crippen LogP contribution is -2.27. The van der Waals surface area contributed by atoms with Gasteiger partial charge < -0.3 is 10.1 Å². The maximum atomic E-state index is 13.8. The molecule has 0 amide bonds. The van der Waals surface area contributed by atoms with E-state index in [9.17, 15) is 4.39 Å². The SMILES string of the molecule is COc1ccc(F)c(C2CCCCN2)c1Br. The molecule has 1 aromatic carbocycles. The summed E-state index contributed by atoms with van der Waals surface area (Å²) < 4.78 is 19.7. The summed E-state index contributed by atoms with van der Waals surface area (Å²) >= 11 is 3.42. The number of halogens is 2. The quantitative estimate of drug-likeness (QED) is 0.900. The first kappa shape index (κ1) is 11.9. The Hall–Kier alpha value is -0.610. The third-order valence-corrected chi connectivity index (χ3v) is 3.79. The van der Waals surface area contributed by atoms with E-state index in [1.165, 1.54) is 12.5 Å². The molecule has 1 N–H and O–H groups in total. The minimum absolute atomic E-state index is 0.0956. The first-order valence-corrected chi connectivity index (χ1v) is 6.28. The average Bonchev–Trinajstić information content (AvgIpc) is 2.31. The van der Waals surface area contributed by atoms with Gasteiger partial charge in [0.15, 0.2) is 0 Å². The van der Waals surface area contributed by atoms with Gasteiger partial charge >= 0.3 is 0 Å². The van der Waals surface area contributed by atoms with Gasteiger partial charge in [-0.25, -0.2) is 4.39 Å². The third kappa shape index (κ3) is 2.23. The van der Waals surface area contributed by atoms with Gasteiger partial charge in [-0.3, -0.25) is 0 Å². The molecule has 16 heavy (non-hydrogen) atoms. The molecule has 1 aromatic rings. The molecular weight excluding hydrogens is 273 g/mol. The van der Waals surface area contributed by atoms with E-state index in [1.54, 1.807) is 13.2 Å². The Morgan fingerprint density at radius 2 is 2.25 bits per heavy atom. The van der Waals surface area contributed by atoms with Crippen molar-refractivity contribution in [2.45, 2.75) is 25.3 Å². The molecular formula is C12H15BrFNO. The largest absolute Gasteiger partial charge is 0.496 e. The van der Waals surface area contributed by atoms with E-state index in [2.05, 4.69) is 21.2 Å². The highest BCUT2D eigenvalue weighted by Crippen LogP contribution is 2.36. The van der Waals surface area contributed by atoms with Crippen LogP contribution in [0.4, 0.5) is 4.39 Å². The zero-order valence-corrected chi connectivity index (χ0v) is 10.8.